The van der Waals surface area contributed by atoms with Gasteiger partial charge in [-0.25, -0.2) is 0 Å². The number of likely N-dealkylation sites (tertiary alicyclic amines) is 1. The van der Waals surface area contributed by atoms with E-state index in [4.69, 9.17) is 9.47 Å². The smallest absolute Gasteiger partial charge is 0.269 e. The van der Waals surface area contributed by atoms with Crippen LogP contribution < -0.4 is 20.1 Å². The lowest BCUT2D eigenvalue weighted by Gasteiger charge is -2.17. The number of methoxy groups -OCH3 is 2. The number of non-ortho nitro benzene ring substituents is 1. The first kappa shape index (κ1) is 23.8. The molecule has 10 nitrogen and oxygen atoms in total. The minimum atomic E-state index is -0.454. The fourth-order valence-electron chi connectivity index (χ4n) is 3.70. The summed E-state index contributed by atoms with van der Waals surface area (Å²) >= 11 is 0. The van der Waals surface area contributed by atoms with E-state index in [1.165, 1.54) is 12.1 Å². The molecule has 1 aliphatic rings. The van der Waals surface area contributed by atoms with Gasteiger partial charge >= 0.3 is 0 Å². The van der Waals surface area contributed by atoms with E-state index in [-0.39, 0.29) is 29.8 Å². The van der Waals surface area contributed by atoms with Gasteiger partial charge in [0.15, 0.2) is 11.5 Å². The quantitative estimate of drug-likeness (QED) is 0.302. The first-order chi connectivity index (χ1) is 15.9. The number of anilines is 1. The number of carbonyl (C=O) groups excluding carboxylic acids is 2. The van der Waals surface area contributed by atoms with Gasteiger partial charge in [-0.15, -0.1) is 0 Å². The van der Waals surface area contributed by atoms with E-state index < -0.39 is 4.92 Å². The molecule has 33 heavy (non-hydrogen) atoms. The van der Waals surface area contributed by atoms with Crippen molar-refractivity contribution in [1.29, 1.82) is 0 Å². The molecule has 1 heterocycles. The molecule has 10 heteroatoms. The largest absolute Gasteiger partial charge is 0.493 e. The van der Waals surface area contributed by atoms with E-state index >= 15 is 0 Å². The summed E-state index contributed by atoms with van der Waals surface area (Å²) in [5.74, 6) is 0.741. The fourth-order valence-corrected chi connectivity index (χ4v) is 3.70. The lowest BCUT2D eigenvalue weighted by molar-refractivity contribution is -0.384. The Morgan fingerprint density at radius 2 is 1.85 bits per heavy atom. The van der Waals surface area contributed by atoms with E-state index in [0.29, 0.717) is 44.1 Å². The molecule has 1 saturated heterocycles. The third-order valence-corrected chi connectivity index (χ3v) is 5.54. The molecule has 2 amide bonds. The van der Waals surface area contributed by atoms with Crippen LogP contribution in [0.25, 0.3) is 0 Å². The second kappa shape index (κ2) is 11.2. The number of hydrogen-bond acceptors (Lipinski definition) is 7. The highest BCUT2D eigenvalue weighted by Gasteiger charge is 2.33. The molecular formula is C23H28N4O6. The van der Waals surface area contributed by atoms with Crippen LogP contribution in [0.5, 0.6) is 11.5 Å². The van der Waals surface area contributed by atoms with Crippen molar-refractivity contribution >= 4 is 23.2 Å². The number of hydrogen-bond donors (Lipinski definition) is 2. The number of carbonyl (C=O) groups is 2. The number of nitrogens with one attached hydrogen (secondary N) is 2. The highest BCUT2D eigenvalue weighted by atomic mass is 16.6. The predicted molar refractivity (Wildman–Crippen MR) is 123 cm³/mol. The molecule has 3 rings (SSSR count). The van der Waals surface area contributed by atoms with Crippen molar-refractivity contribution < 1.29 is 24.0 Å². The van der Waals surface area contributed by atoms with Crippen LogP contribution in [0.15, 0.2) is 42.5 Å². The van der Waals surface area contributed by atoms with E-state index in [0.717, 1.165) is 11.3 Å². The summed E-state index contributed by atoms with van der Waals surface area (Å²) in [5.41, 5.74) is 1.77. The number of nitro groups is 1. The Morgan fingerprint density at radius 1 is 1.12 bits per heavy atom. The fraction of sp³-hybridized carbons (Fsp3) is 0.391. The Morgan fingerprint density at radius 3 is 2.52 bits per heavy atom. The number of amides is 2. The Bertz CT molecular complexity index is 995. The number of rotatable bonds is 11. The molecule has 2 N–H and O–H groups in total. The van der Waals surface area contributed by atoms with Crippen LogP contribution in [-0.4, -0.2) is 62.0 Å². The molecule has 2 aromatic rings. The molecule has 0 radical (unpaired) electrons. The molecule has 1 unspecified atom stereocenters. The summed E-state index contributed by atoms with van der Waals surface area (Å²) in [6.45, 7) is 1.77. The summed E-state index contributed by atoms with van der Waals surface area (Å²) in [6, 6.07) is 11.7. The molecule has 0 aromatic heterocycles. The molecular weight excluding hydrogens is 428 g/mol. The van der Waals surface area contributed by atoms with Crippen LogP contribution in [0, 0.1) is 16.0 Å². The average Bonchev–Trinajstić information content (AvgIpc) is 3.20. The maximum atomic E-state index is 12.5. The Hall–Kier alpha value is -3.82. The van der Waals surface area contributed by atoms with Gasteiger partial charge in [0.1, 0.15) is 0 Å². The summed E-state index contributed by atoms with van der Waals surface area (Å²) in [6.07, 6.45) is 0.854. The number of ether oxygens (including phenoxy) is 2. The van der Waals surface area contributed by atoms with Gasteiger partial charge in [0.25, 0.3) is 5.69 Å². The van der Waals surface area contributed by atoms with E-state index in [9.17, 15) is 19.7 Å². The summed E-state index contributed by atoms with van der Waals surface area (Å²) in [4.78, 5) is 36.8. The summed E-state index contributed by atoms with van der Waals surface area (Å²) < 4.78 is 10.6. The van der Waals surface area contributed by atoms with E-state index in [2.05, 4.69) is 10.6 Å². The van der Waals surface area contributed by atoms with Crippen LogP contribution in [0.3, 0.4) is 0 Å². The van der Waals surface area contributed by atoms with Crippen molar-refractivity contribution in [1.82, 2.24) is 10.2 Å². The van der Waals surface area contributed by atoms with Crippen molar-refractivity contribution in [3.05, 3.63) is 58.1 Å². The molecule has 0 aliphatic carbocycles. The first-order valence-electron chi connectivity index (χ1n) is 10.7. The maximum Gasteiger partial charge on any atom is 0.269 e. The first-order valence-corrected chi connectivity index (χ1v) is 10.7. The minimum absolute atomic E-state index is 0.0236. The lowest BCUT2D eigenvalue weighted by atomic mass is 10.1. The normalized spacial score (nSPS) is 15.3. The standard InChI is InChI=1S/C23H28N4O6/c1-32-20-8-3-16(13-21(20)33-2)9-12-26-15-17(14-22(26)28)23(29)25-11-10-24-18-4-6-19(7-5-18)27(30)31/h3-8,13,17,24H,9-12,14-15H2,1-2H3,(H,25,29). The Labute approximate surface area is 192 Å². The SMILES string of the molecule is COc1ccc(CCN2CC(C(=O)NCCNc3ccc([N+](=O)[O-])cc3)CC2=O)cc1OC. The van der Waals surface area contributed by atoms with E-state index in [1.54, 1.807) is 31.3 Å². The zero-order valence-corrected chi connectivity index (χ0v) is 18.7. The minimum Gasteiger partial charge on any atom is -0.493 e. The molecule has 1 atom stereocenters. The number of benzene rings is 2. The van der Waals surface area contributed by atoms with Gasteiger partial charge in [-0.3, -0.25) is 19.7 Å². The van der Waals surface area contributed by atoms with E-state index in [1.807, 2.05) is 18.2 Å². The Kier molecular flexibility index (Phi) is 8.06. The van der Waals surface area contributed by atoms with Crippen LogP contribution >= 0.6 is 0 Å². The van der Waals surface area contributed by atoms with Crippen molar-refractivity contribution in [2.24, 2.45) is 5.92 Å². The van der Waals surface area contributed by atoms with Gasteiger partial charge in [-0.1, -0.05) is 6.07 Å². The highest BCUT2D eigenvalue weighted by molar-refractivity contribution is 5.89. The molecule has 1 aliphatic heterocycles. The summed E-state index contributed by atoms with van der Waals surface area (Å²) in [7, 11) is 3.16. The average molecular weight is 456 g/mol. The molecule has 0 bridgehead atoms. The third-order valence-electron chi connectivity index (χ3n) is 5.54. The van der Waals surface area contributed by atoms with Crippen molar-refractivity contribution in [3.63, 3.8) is 0 Å². The van der Waals surface area contributed by atoms with Crippen molar-refractivity contribution in [2.75, 3.05) is 45.7 Å². The third kappa shape index (κ3) is 6.34. The molecule has 1 fully saturated rings. The van der Waals surface area contributed by atoms with Crippen molar-refractivity contribution in [2.45, 2.75) is 12.8 Å². The monoisotopic (exact) mass is 456 g/mol. The molecule has 0 spiro atoms. The molecule has 176 valence electrons. The van der Waals surface area contributed by atoms with Gasteiger partial charge in [0.05, 0.1) is 25.1 Å². The van der Waals surface area contributed by atoms with Crippen molar-refractivity contribution in [3.8, 4) is 11.5 Å². The summed E-state index contributed by atoms with van der Waals surface area (Å²) in [5, 5.41) is 16.6. The zero-order valence-electron chi connectivity index (χ0n) is 18.7. The van der Waals surface area contributed by atoms with Crippen LogP contribution in [0.1, 0.15) is 12.0 Å². The highest BCUT2D eigenvalue weighted by Crippen LogP contribution is 2.28. The van der Waals surface area contributed by atoms with Gasteiger partial charge in [-0.2, -0.15) is 0 Å². The van der Waals surface area contributed by atoms with Gasteiger partial charge in [0.2, 0.25) is 11.8 Å². The van der Waals surface area contributed by atoms with Crippen LogP contribution in [-0.2, 0) is 16.0 Å². The zero-order chi connectivity index (χ0) is 23.8. The second-order valence-corrected chi connectivity index (χ2v) is 7.70. The number of nitro benzene ring substituents is 1. The van der Waals surface area contributed by atoms with Gasteiger partial charge in [0, 0.05) is 50.4 Å². The topological polar surface area (TPSA) is 123 Å². The predicted octanol–water partition coefficient (Wildman–Crippen LogP) is 2.23. The van der Waals surface area contributed by atoms with Gasteiger partial charge in [-0.05, 0) is 36.2 Å². The maximum absolute atomic E-state index is 12.5. The van der Waals surface area contributed by atoms with Crippen LogP contribution in [0.2, 0.25) is 0 Å². The molecule has 2 aromatic carbocycles. The second-order valence-electron chi connectivity index (χ2n) is 7.70. The Balaban J connectivity index is 1.41. The van der Waals surface area contributed by atoms with Gasteiger partial charge < -0.3 is 25.0 Å². The lowest BCUT2D eigenvalue weighted by Crippen LogP contribution is -2.35. The van der Waals surface area contributed by atoms with Crippen LogP contribution in [0.4, 0.5) is 11.4 Å². The molecule has 0 saturated carbocycles. The number of nitrogens with zero attached hydrogens (tertiary/aromatic N) is 2.